The van der Waals surface area contributed by atoms with Crippen molar-refractivity contribution < 1.29 is 9.00 Å². The van der Waals surface area contributed by atoms with Crippen molar-refractivity contribution in [2.24, 2.45) is 5.92 Å². The minimum Gasteiger partial charge on any atom is -0.341 e. The SMILES string of the molecule is CC(C)C(=O)N1CCC(NC(C)c2ccc(S(C)=O)cc2)C1. The number of hydrogen-bond donors (Lipinski definition) is 1. The van der Waals surface area contributed by atoms with E-state index in [0.29, 0.717) is 6.04 Å². The van der Waals surface area contributed by atoms with Crippen LogP contribution in [0.25, 0.3) is 0 Å². The molecule has 1 fully saturated rings. The molecule has 0 aliphatic carbocycles. The number of carbonyl (C=O) groups excluding carboxylic acids is 1. The highest BCUT2D eigenvalue weighted by molar-refractivity contribution is 7.84. The van der Waals surface area contributed by atoms with Crippen molar-refractivity contribution in [3.8, 4) is 0 Å². The van der Waals surface area contributed by atoms with Crippen LogP contribution < -0.4 is 5.32 Å². The van der Waals surface area contributed by atoms with Crippen LogP contribution in [0.15, 0.2) is 29.2 Å². The Morgan fingerprint density at radius 1 is 1.27 bits per heavy atom. The Bertz CT molecular complexity index is 542. The van der Waals surface area contributed by atoms with E-state index in [2.05, 4.69) is 12.2 Å². The number of nitrogens with one attached hydrogen (secondary N) is 1. The molecule has 1 heterocycles. The lowest BCUT2D eigenvalue weighted by atomic mass is 10.1. The van der Waals surface area contributed by atoms with Crippen LogP contribution in [0.4, 0.5) is 0 Å². The quantitative estimate of drug-likeness (QED) is 0.905. The fraction of sp³-hybridized carbons (Fsp3) is 0.588. The van der Waals surface area contributed by atoms with Crippen LogP contribution in [-0.4, -0.2) is 40.4 Å². The average Bonchev–Trinajstić information content (AvgIpc) is 2.94. The molecule has 1 aromatic carbocycles. The van der Waals surface area contributed by atoms with E-state index in [-0.39, 0.29) is 17.9 Å². The summed E-state index contributed by atoms with van der Waals surface area (Å²) in [5.74, 6) is 0.311. The van der Waals surface area contributed by atoms with Crippen molar-refractivity contribution in [3.05, 3.63) is 29.8 Å². The van der Waals surface area contributed by atoms with Gasteiger partial charge in [-0.3, -0.25) is 9.00 Å². The zero-order valence-corrected chi connectivity index (χ0v) is 14.7. The van der Waals surface area contributed by atoms with Crippen molar-refractivity contribution in [1.29, 1.82) is 0 Å². The van der Waals surface area contributed by atoms with Crippen molar-refractivity contribution in [2.45, 2.75) is 44.2 Å². The van der Waals surface area contributed by atoms with Gasteiger partial charge < -0.3 is 10.2 Å². The van der Waals surface area contributed by atoms with Crippen LogP contribution in [0.3, 0.4) is 0 Å². The van der Waals surface area contributed by atoms with Crippen LogP contribution in [-0.2, 0) is 15.6 Å². The highest BCUT2D eigenvalue weighted by Crippen LogP contribution is 2.19. The van der Waals surface area contributed by atoms with Gasteiger partial charge in [-0.15, -0.1) is 0 Å². The van der Waals surface area contributed by atoms with Crippen LogP contribution in [0.1, 0.15) is 38.8 Å². The van der Waals surface area contributed by atoms with Gasteiger partial charge in [0.1, 0.15) is 0 Å². The van der Waals surface area contributed by atoms with Gasteiger partial charge in [0.05, 0.1) is 0 Å². The third-order valence-electron chi connectivity index (χ3n) is 4.19. The molecule has 1 N–H and O–H groups in total. The molecule has 1 amide bonds. The predicted octanol–water partition coefficient (Wildman–Crippen LogP) is 2.33. The largest absolute Gasteiger partial charge is 0.341 e. The van der Waals surface area contributed by atoms with Gasteiger partial charge in [0.2, 0.25) is 5.91 Å². The molecule has 1 aromatic rings. The molecule has 1 aliphatic rings. The molecule has 3 unspecified atom stereocenters. The second kappa shape index (κ2) is 7.38. The lowest BCUT2D eigenvalue weighted by molar-refractivity contribution is -0.133. The van der Waals surface area contributed by atoms with Gasteiger partial charge in [-0.25, -0.2) is 0 Å². The average molecular weight is 322 g/mol. The van der Waals surface area contributed by atoms with E-state index >= 15 is 0 Å². The fourth-order valence-electron chi connectivity index (χ4n) is 2.86. The molecule has 0 spiro atoms. The van der Waals surface area contributed by atoms with E-state index in [0.717, 1.165) is 24.4 Å². The standard InChI is InChI=1S/C17H26N2O2S/c1-12(2)17(20)19-10-9-15(11-19)18-13(3)14-5-7-16(8-6-14)22(4)21/h5-8,12-13,15,18H,9-11H2,1-4H3. The second-order valence-corrected chi connectivity index (χ2v) is 7.72. The van der Waals surface area contributed by atoms with Crippen LogP contribution in [0, 0.1) is 5.92 Å². The van der Waals surface area contributed by atoms with Crippen LogP contribution in [0.5, 0.6) is 0 Å². The first-order valence-corrected chi connectivity index (χ1v) is 9.42. The third-order valence-corrected chi connectivity index (χ3v) is 5.13. The summed E-state index contributed by atoms with van der Waals surface area (Å²) in [6, 6.07) is 8.47. The number of likely N-dealkylation sites (tertiary alicyclic amines) is 1. The molecule has 22 heavy (non-hydrogen) atoms. The van der Waals surface area contributed by atoms with Crippen molar-refractivity contribution in [2.75, 3.05) is 19.3 Å². The van der Waals surface area contributed by atoms with Gasteiger partial charge >= 0.3 is 0 Å². The predicted molar refractivity (Wildman–Crippen MR) is 90.1 cm³/mol. The molecule has 1 aliphatic heterocycles. The first-order chi connectivity index (χ1) is 10.4. The summed E-state index contributed by atoms with van der Waals surface area (Å²) in [5.41, 5.74) is 1.18. The first kappa shape index (κ1) is 17.2. The minimum absolute atomic E-state index is 0.0682. The maximum absolute atomic E-state index is 12.0. The Kier molecular flexibility index (Phi) is 5.75. The lowest BCUT2D eigenvalue weighted by Crippen LogP contribution is -2.37. The molecule has 0 aromatic heterocycles. The molecule has 4 nitrogen and oxygen atoms in total. The smallest absolute Gasteiger partial charge is 0.225 e. The van der Waals surface area contributed by atoms with Crippen molar-refractivity contribution in [1.82, 2.24) is 10.2 Å². The Balaban J connectivity index is 1.91. The summed E-state index contributed by atoms with van der Waals surface area (Å²) in [4.78, 5) is 14.8. The van der Waals surface area contributed by atoms with E-state index in [1.165, 1.54) is 5.56 Å². The number of nitrogens with zero attached hydrogens (tertiary/aromatic N) is 1. The molecule has 2 rings (SSSR count). The molecule has 0 radical (unpaired) electrons. The summed E-state index contributed by atoms with van der Waals surface area (Å²) in [5, 5.41) is 3.60. The number of benzene rings is 1. The maximum atomic E-state index is 12.0. The highest BCUT2D eigenvalue weighted by atomic mass is 32.2. The number of rotatable bonds is 5. The zero-order chi connectivity index (χ0) is 16.3. The molecule has 0 bridgehead atoms. The second-order valence-electron chi connectivity index (χ2n) is 6.34. The van der Waals surface area contributed by atoms with Gasteiger partial charge in [-0.1, -0.05) is 26.0 Å². The first-order valence-electron chi connectivity index (χ1n) is 7.86. The minimum atomic E-state index is -0.934. The number of carbonyl (C=O) groups is 1. The normalized spacial score (nSPS) is 21.1. The Morgan fingerprint density at radius 2 is 1.91 bits per heavy atom. The molecule has 0 saturated carbocycles. The Labute approximate surface area is 135 Å². The van der Waals surface area contributed by atoms with E-state index in [9.17, 15) is 9.00 Å². The number of amides is 1. The summed E-state index contributed by atoms with van der Waals surface area (Å²) >= 11 is 0. The summed E-state index contributed by atoms with van der Waals surface area (Å²) < 4.78 is 11.4. The van der Waals surface area contributed by atoms with Crippen LogP contribution in [0.2, 0.25) is 0 Å². The third kappa shape index (κ3) is 4.17. The van der Waals surface area contributed by atoms with Gasteiger partial charge in [0.25, 0.3) is 0 Å². The van der Waals surface area contributed by atoms with Gasteiger partial charge in [-0.2, -0.15) is 0 Å². The Hall–Kier alpha value is -1.20. The fourth-order valence-corrected chi connectivity index (χ4v) is 3.38. The topological polar surface area (TPSA) is 49.4 Å². The molecule has 3 atom stereocenters. The summed E-state index contributed by atoms with van der Waals surface area (Å²) in [6.07, 6.45) is 2.69. The molecular weight excluding hydrogens is 296 g/mol. The maximum Gasteiger partial charge on any atom is 0.225 e. The van der Waals surface area contributed by atoms with E-state index in [1.807, 2.05) is 43.0 Å². The Morgan fingerprint density at radius 3 is 2.45 bits per heavy atom. The number of hydrogen-bond acceptors (Lipinski definition) is 3. The van der Waals surface area contributed by atoms with E-state index in [1.54, 1.807) is 6.26 Å². The van der Waals surface area contributed by atoms with E-state index in [4.69, 9.17) is 0 Å². The van der Waals surface area contributed by atoms with Crippen LogP contribution >= 0.6 is 0 Å². The molecule has 5 heteroatoms. The van der Waals surface area contributed by atoms with Crippen molar-refractivity contribution >= 4 is 16.7 Å². The lowest BCUT2D eigenvalue weighted by Gasteiger charge is -2.22. The molecule has 1 saturated heterocycles. The highest BCUT2D eigenvalue weighted by Gasteiger charge is 2.28. The van der Waals surface area contributed by atoms with E-state index < -0.39 is 10.8 Å². The molecule has 122 valence electrons. The van der Waals surface area contributed by atoms with Gasteiger partial charge in [0, 0.05) is 53.0 Å². The molecular formula is C17H26N2O2S. The zero-order valence-electron chi connectivity index (χ0n) is 13.8. The van der Waals surface area contributed by atoms with Gasteiger partial charge in [0.15, 0.2) is 0 Å². The summed E-state index contributed by atoms with van der Waals surface area (Å²) in [6.45, 7) is 7.66. The van der Waals surface area contributed by atoms with Gasteiger partial charge in [-0.05, 0) is 31.0 Å². The monoisotopic (exact) mass is 322 g/mol. The summed E-state index contributed by atoms with van der Waals surface area (Å²) in [7, 11) is -0.934. The van der Waals surface area contributed by atoms with Crippen molar-refractivity contribution in [3.63, 3.8) is 0 Å².